The predicted octanol–water partition coefficient (Wildman–Crippen LogP) is 5.03. The number of thiophene rings is 1. The topological polar surface area (TPSA) is 70.7 Å². The fraction of sp³-hybridized carbons (Fsp3) is 0.360. The third-order valence-corrected chi connectivity index (χ3v) is 8.30. The van der Waals surface area contributed by atoms with Crippen molar-refractivity contribution in [1.82, 2.24) is 5.32 Å². The van der Waals surface area contributed by atoms with Gasteiger partial charge < -0.3 is 15.0 Å². The van der Waals surface area contributed by atoms with Gasteiger partial charge in [0.25, 0.3) is 10.0 Å². The summed E-state index contributed by atoms with van der Waals surface area (Å²) in [4.78, 5) is 3.63. The van der Waals surface area contributed by atoms with Gasteiger partial charge in [0.1, 0.15) is 5.75 Å². The highest BCUT2D eigenvalue weighted by molar-refractivity contribution is 7.92. The molecule has 6 nitrogen and oxygen atoms in total. The van der Waals surface area contributed by atoms with Crippen molar-refractivity contribution in [2.45, 2.75) is 44.7 Å². The van der Waals surface area contributed by atoms with Crippen LogP contribution in [0.3, 0.4) is 0 Å². The molecule has 0 bridgehead atoms. The smallest absolute Gasteiger partial charge is 0.262 e. The molecule has 0 spiro atoms. The van der Waals surface area contributed by atoms with Crippen LogP contribution < -0.4 is 19.7 Å². The average molecular weight is 486 g/mol. The number of benzene rings is 2. The highest BCUT2D eigenvalue weighted by atomic mass is 32.2. The molecule has 0 radical (unpaired) electrons. The first-order chi connectivity index (χ1) is 15.7. The molecule has 33 heavy (non-hydrogen) atoms. The van der Waals surface area contributed by atoms with E-state index in [1.54, 1.807) is 30.6 Å². The fourth-order valence-corrected chi connectivity index (χ4v) is 6.50. The molecule has 2 aromatic carbocycles. The van der Waals surface area contributed by atoms with Crippen LogP contribution >= 0.6 is 11.3 Å². The second kappa shape index (κ2) is 9.37. The van der Waals surface area contributed by atoms with Crippen molar-refractivity contribution in [2.75, 3.05) is 29.8 Å². The van der Waals surface area contributed by atoms with Crippen molar-refractivity contribution < 1.29 is 13.2 Å². The number of sulfonamides is 1. The van der Waals surface area contributed by atoms with E-state index in [4.69, 9.17) is 4.74 Å². The number of hydrogen-bond acceptors (Lipinski definition) is 6. The number of nitrogens with zero attached hydrogens (tertiary/aromatic N) is 1. The second-order valence-corrected chi connectivity index (χ2v) is 11.4. The lowest BCUT2D eigenvalue weighted by Crippen LogP contribution is -2.54. The number of aryl methyl sites for hydroxylation is 2. The van der Waals surface area contributed by atoms with Gasteiger partial charge in [-0.25, -0.2) is 8.42 Å². The summed E-state index contributed by atoms with van der Waals surface area (Å²) in [6, 6.07) is 13.7. The second-order valence-electron chi connectivity index (χ2n) is 8.83. The fourth-order valence-electron chi connectivity index (χ4n) is 4.37. The maximum atomic E-state index is 13.3. The zero-order chi connectivity index (χ0) is 23.8. The Balaban J connectivity index is 1.63. The van der Waals surface area contributed by atoms with Gasteiger partial charge in [-0.2, -0.15) is 0 Å². The van der Waals surface area contributed by atoms with Crippen LogP contribution in [-0.2, 0) is 10.0 Å². The van der Waals surface area contributed by atoms with Crippen molar-refractivity contribution in [1.29, 1.82) is 0 Å². The van der Waals surface area contributed by atoms with Crippen LogP contribution in [0.1, 0.15) is 25.0 Å². The zero-order valence-corrected chi connectivity index (χ0v) is 21.3. The molecule has 0 aliphatic carbocycles. The van der Waals surface area contributed by atoms with Crippen molar-refractivity contribution in [3.63, 3.8) is 0 Å². The third-order valence-electron chi connectivity index (χ3n) is 5.85. The Morgan fingerprint density at radius 2 is 1.79 bits per heavy atom. The number of nitrogens with one attached hydrogen (secondary N) is 2. The summed E-state index contributed by atoms with van der Waals surface area (Å²) in [6.45, 7) is 10.0. The Morgan fingerprint density at radius 3 is 2.39 bits per heavy atom. The van der Waals surface area contributed by atoms with Crippen LogP contribution in [0.15, 0.2) is 52.7 Å². The highest BCUT2D eigenvalue weighted by Crippen LogP contribution is 2.34. The monoisotopic (exact) mass is 485 g/mol. The molecule has 1 saturated heterocycles. The van der Waals surface area contributed by atoms with Crippen molar-refractivity contribution in [2.24, 2.45) is 0 Å². The molecule has 2 atom stereocenters. The summed E-state index contributed by atoms with van der Waals surface area (Å²) in [5.41, 5.74) is 4.57. The molecule has 176 valence electrons. The molecule has 2 heterocycles. The quantitative estimate of drug-likeness (QED) is 0.513. The molecule has 1 aliphatic rings. The number of anilines is 2. The first-order valence-electron chi connectivity index (χ1n) is 11.0. The molecule has 1 aromatic heterocycles. The summed E-state index contributed by atoms with van der Waals surface area (Å²) in [7, 11) is -2.24. The van der Waals surface area contributed by atoms with E-state index in [-0.39, 0.29) is 4.90 Å². The summed E-state index contributed by atoms with van der Waals surface area (Å²) in [6.07, 6.45) is 0. The van der Waals surface area contributed by atoms with E-state index in [2.05, 4.69) is 47.2 Å². The predicted molar refractivity (Wildman–Crippen MR) is 137 cm³/mol. The standard InChI is InChI=1S/C25H31N3O3S2/c1-16-10-25(32-15-16)22-8-7-21(11-17(22)2)33(29,30)27-23-12-20(6-9-24(23)31-5)28-13-18(3)26-19(4)14-28/h6-12,15,18-19,26-27H,13-14H2,1-5H3/t18-,19+. The minimum atomic E-state index is -3.79. The van der Waals surface area contributed by atoms with Crippen LogP contribution in [0.4, 0.5) is 11.4 Å². The van der Waals surface area contributed by atoms with Gasteiger partial charge in [-0.15, -0.1) is 11.3 Å². The summed E-state index contributed by atoms with van der Waals surface area (Å²) >= 11 is 1.66. The summed E-state index contributed by atoms with van der Waals surface area (Å²) in [5.74, 6) is 0.487. The van der Waals surface area contributed by atoms with Crippen LogP contribution in [0.25, 0.3) is 10.4 Å². The van der Waals surface area contributed by atoms with Gasteiger partial charge in [-0.05, 0) is 86.2 Å². The summed E-state index contributed by atoms with van der Waals surface area (Å²) < 4.78 is 34.8. The third kappa shape index (κ3) is 5.18. The number of ether oxygens (including phenoxy) is 1. The van der Waals surface area contributed by atoms with Gasteiger partial charge >= 0.3 is 0 Å². The normalized spacial score (nSPS) is 18.9. The molecule has 1 aliphatic heterocycles. The van der Waals surface area contributed by atoms with Gasteiger partial charge in [0.2, 0.25) is 0 Å². The van der Waals surface area contributed by atoms with Crippen LogP contribution in [0.2, 0.25) is 0 Å². The summed E-state index contributed by atoms with van der Waals surface area (Å²) in [5, 5.41) is 5.62. The Labute approximate surface area is 200 Å². The van der Waals surface area contributed by atoms with E-state index < -0.39 is 10.0 Å². The lowest BCUT2D eigenvalue weighted by atomic mass is 10.1. The molecule has 0 saturated carbocycles. The van der Waals surface area contributed by atoms with E-state index in [1.807, 2.05) is 31.2 Å². The van der Waals surface area contributed by atoms with Crippen molar-refractivity contribution >= 4 is 32.7 Å². The SMILES string of the molecule is COc1ccc(N2C[C@@H](C)N[C@@H](C)C2)cc1NS(=O)(=O)c1ccc(-c2cc(C)cs2)c(C)c1. The van der Waals surface area contributed by atoms with Crippen LogP contribution in [-0.4, -0.2) is 40.7 Å². The van der Waals surface area contributed by atoms with Gasteiger partial charge in [0.15, 0.2) is 0 Å². The molecule has 1 fully saturated rings. The maximum absolute atomic E-state index is 13.3. The van der Waals surface area contributed by atoms with Gasteiger partial charge in [0.05, 0.1) is 17.7 Å². The molecule has 8 heteroatoms. The van der Waals surface area contributed by atoms with Gasteiger partial charge in [-0.1, -0.05) is 6.07 Å². The lowest BCUT2D eigenvalue weighted by molar-refractivity contribution is 0.406. The number of hydrogen-bond donors (Lipinski definition) is 2. The minimum Gasteiger partial charge on any atom is -0.495 e. The Bertz CT molecular complexity index is 1240. The van der Waals surface area contributed by atoms with Crippen molar-refractivity contribution in [3.8, 4) is 16.2 Å². The average Bonchev–Trinajstić information content (AvgIpc) is 3.18. The van der Waals surface area contributed by atoms with E-state index in [0.717, 1.165) is 34.8 Å². The number of methoxy groups -OCH3 is 1. The molecular weight excluding hydrogens is 454 g/mol. The molecule has 2 N–H and O–H groups in total. The van der Waals surface area contributed by atoms with Gasteiger partial charge in [0, 0.05) is 35.7 Å². The minimum absolute atomic E-state index is 0.230. The van der Waals surface area contributed by atoms with E-state index >= 15 is 0 Å². The van der Waals surface area contributed by atoms with E-state index in [0.29, 0.717) is 23.5 Å². The van der Waals surface area contributed by atoms with Gasteiger partial charge in [-0.3, -0.25) is 4.72 Å². The van der Waals surface area contributed by atoms with E-state index in [9.17, 15) is 8.42 Å². The molecular formula is C25H31N3O3S2. The Hall–Kier alpha value is -2.55. The molecule has 3 aromatic rings. The zero-order valence-electron chi connectivity index (χ0n) is 19.7. The Kier molecular flexibility index (Phi) is 6.70. The van der Waals surface area contributed by atoms with Crippen molar-refractivity contribution in [3.05, 3.63) is 59.0 Å². The first-order valence-corrected chi connectivity index (χ1v) is 13.4. The highest BCUT2D eigenvalue weighted by Gasteiger charge is 2.23. The molecule has 4 rings (SSSR count). The maximum Gasteiger partial charge on any atom is 0.262 e. The lowest BCUT2D eigenvalue weighted by Gasteiger charge is -2.38. The van der Waals surface area contributed by atoms with E-state index in [1.165, 1.54) is 5.56 Å². The van der Waals surface area contributed by atoms with Crippen LogP contribution in [0.5, 0.6) is 5.75 Å². The molecule has 0 unspecified atom stereocenters. The van der Waals surface area contributed by atoms with Crippen LogP contribution in [0, 0.1) is 13.8 Å². The Morgan fingerprint density at radius 1 is 1.06 bits per heavy atom. The first kappa shape index (κ1) is 23.6. The largest absolute Gasteiger partial charge is 0.495 e. The number of piperazine rings is 1. The number of rotatable bonds is 6. The molecule has 0 amide bonds.